The van der Waals surface area contributed by atoms with Crippen LogP contribution in [0.3, 0.4) is 0 Å². The van der Waals surface area contributed by atoms with Gasteiger partial charge in [-0.2, -0.15) is 0 Å². The van der Waals surface area contributed by atoms with E-state index < -0.39 is 24.6 Å². The standard InChI is InChI=1S/C19H30N4O6/c1-2-4-14-5-3-12-22(14)13-16(25)21-10-8-15(24)20-11-9-19(28)29-23-17(26)6-7-18(23)27/h14H,2-13H2,1H3,(H,20,24)(H,21,25)/i1+1D3,2+1,9+1,13+1,19+1,20+1. The monoisotopic (exact) mass is 419 g/mol. The summed E-state index contributed by atoms with van der Waals surface area (Å²) in [5.41, 5.74) is 0. The van der Waals surface area contributed by atoms with Crippen LogP contribution in [0.1, 0.15) is 62.3 Å². The molecule has 2 aliphatic rings. The zero-order chi connectivity index (χ0) is 23.7. The first-order valence-electron chi connectivity index (χ1n) is 11.4. The van der Waals surface area contributed by atoms with Gasteiger partial charge in [-0.15, -0.1) is 5.06 Å². The molecular weight excluding hydrogens is 386 g/mol. The van der Waals surface area contributed by atoms with Crippen molar-refractivity contribution < 1.29 is 32.9 Å². The predicted molar refractivity (Wildman–Crippen MR) is 102 cm³/mol. The van der Waals surface area contributed by atoms with Gasteiger partial charge in [0.1, 0.15) is 0 Å². The minimum absolute atomic E-state index is 0.00915. The van der Waals surface area contributed by atoms with Crippen LogP contribution in [0.4, 0.5) is 0 Å². The Hall–Kier alpha value is -2.49. The molecule has 2 aliphatic heterocycles. The lowest BCUT2D eigenvalue weighted by atomic mass is 10.2. The average molecular weight is 419 g/mol. The number of hydrogen-bond donors (Lipinski definition) is 2. The summed E-state index contributed by atoms with van der Waals surface area (Å²) in [5, 5.41) is 5.62. The highest BCUT2D eigenvalue weighted by Crippen LogP contribution is 2.20. The molecule has 2 saturated heterocycles. The number of imide groups is 1. The summed E-state index contributed by atoms with van der Waals surface area (Å²) < 4.78 is 21.9. The molecule has 4 amide bonds. The Morgan fingerprint density at radius 2 is 1.79 bits per heavy atom. The van der Waals surface area contributed by atoms with Crippen molar-refractivity contribution in [3.8, 4) is 0 Å². The van der Waals surface area contributed by atoms with Crippen LogP contribution in [0, 0.1) is 0 Å². The molecular formula is C19H30N4O6. The second-order valence-electron chi connectivity index (χ2n) is 7.05. The summed E-state index contributed by atoms with van der Waals surface area (Å²) in [6.45, 7) is -0.971. The molecule has 10 heteroatoms. The van der Waals surface area contributed by atoms with Gasteiger partial charge in [0.15, 0.2) is 0 Å². The molecule has 0 aromatic carbocycles. The lowest BCUT2D eigenvalue weighted by Gasteiger charge is -2.23. The Balaban J connectivity index is 1.56. The Labute approximate surface area is 174 Å². The molecule has 2 heterocycles. The van der Waals surface area contributed by atoms with E-state index in [2.05, 4.69) is 15.5 Å². The Morgan fingerprint density at radius 3 is 2.52 bits per heavy atom. The van der Waals surface area contributed by atoms with Crippen molar-refractivity contribution in [1.29, 1.82) is 0 Å². The van der Waals surface area contributed by atoms with E-state index in [1.807, 2.05) is 4.90 Å². The first-order chi connectivity index (χ1) is 15.0. The van der Waals surface area contributed by atoms with Crippen LogP contribution in [0.25, 0.3) is 0 Å². The molecule has 2 N–H and O–H groups in total. The summed E-state index contributed by atoms with van der Waals surface area (Å²) in [6, 6.07) is 0.0791. The van der Waals surface area contributed by atoms with Crippen LogP contribution in [-0.2, 0) is 28.8 Å². The third-order valence-corrected chi connectivity index (χ3v) is 4.85. The molecule has 162 valence electrons. The smallest absolute Gasteiger partial charge is 0.334 e. The molecule has 2 rings (SSSR count). The maximum atomic E-state index is 12.1. The van der Waals surface area contributed by atoms with Crippen LogP contribution < -0.4 is 10.6 Å². The van der Waals surface area contributed by atoms with E-state index in [1.54, 1.807) is 0 Å². The normalized spacial score (nSPS) is 21.4. The van der Waals surface area contributed by atoms with Crippen LogP contribution in [-0.4, -0.2) is 71.8 Å². The van der Waals surface area contributed by atoms with Crippen molar-refractivity contribution >= 4 is 29.6 Å². The van der Waals surface area contributed by atoms with Crippen molar-refractivity contribution in [3.05, 3.63) is 0 Å². The number of carbonyl (C=O) groups excluding carboxylic acids is 5. The molecule has 0 radical (unpaired) electrons. The third-order valence-electron chi connectivity index (χ3n) is 4.85. The van der Waals surface area contributed by atoms with Gasteiger partial charge < -0.3 is 15.5 Å². The SMILES string of the molecule is [2H][13C]([2H])([2H])[13CH2]CC1CCCN1[13CH2]C(=O)NCCC(=O)[15NH]C[13CH2][13C](=O)ON1C(=O)CCC1=O. The Bertz CT molecular complexity index is 714. The van der Waals surface area contributed by atoms with Crippen molar-refractivity contribution in [2.24, 2.45) is 0 Å². The number of amides is 4. The highest BCUT2D eigenvalue weighted by molar-refractivity contribution is 6.01. The molecule has 1 unspecified atom stereocenters. The van der Waals surface area contributed by atoms with Crippen LogP contribution >= 0.6 is 0 Å². The highest BCUT2D eigenvalue weighted by Gasteiger charge is 2.32. The largest absolute Gasteiger partial charge is 0.355 e. The van der Waals surface area contributed by atoms with E-state index >= 15 is 0 Å². The van der Waals surface area contributed by atoms with Gasteiger partial charge in [0.05, 0.1) is 13.0 Å². The second kappa shape index (κ2) is 11.5. The van der Waals surface area contributed by atoms with Crippen LogP contribution in [0.2, 0.25) is 0 Å². The summed E-state index contributed by atoms with van der Waals surface area (Å²) >= 11 is 0. The van der Waals surface area contributed by atoms with Gasteiger partial charge >= 0.3 is 5.97 Å². The van der Waals surface area contributed by atoms with Gasteiger partial charge in [-0.25, -0.2) is 4.79 Å². The first-order valence-corrected chi connectivity index (χ1v) is 9.89. The zero-order valence-corrected chi connectivity index (χ0v) is 16.4. The van der Waals surface area contributed by atoms with E-state index in [9.17, 15) is 24.0 Å². The average Bonchev–Trinajstić information content (AvgIpc) is 3.27. The van der Waals surface area contributed by atoms with Crippen molar-refractivity contribution in [1.82, 2.24) is 20.6 Å². The van der Waals surface area contributed by atoms with Crippen LogP contribution in [0.15, 0.2) is 0 Å². The lowest BCUT2D eigenvalue weighted by molar-refractivity contribution is -0.197. The molecule has 10 nitrogen and oxygen atoms in total. The lowest BCUT2D eigenvalue weighted by Crippen LogP contribution is -2.41. The fourth-order valence-corrected chi connectivity index (χ4v) is 3.35. The van der Waals surface area contributed by atoms with Crippen molar-refractivity contribution in [2.45, 2.75) is 64.3 Å². The van der Waals surface area contributed by atoms with Crippen LogP contribution in [0.5, 0.6) is 0 Å². The van der Waals surface area contributed by atoms with Gasteiger partial charge in [-0.3, -0.25) is 24.1 Å². The van der Waals surface area contributed by atoms with E-state index in [1.165, 1.54) is 0 Å². The second-order valence-corrected chi connectivity index (χ2v) is 7.05. The quantitative estimate of drug-likeness (QED) is 0.271. The number of carbonyl (C=O) groups is 5. The topological polar surface area (TPSA) is 125 Å². The van der Waals surface area contributed by atoms with Gasteiger partial charge in [-0.1, -0.05) is 13.3 Å². The molecule has 29 heavy (non-hydrogen) atoms. The van der Waals surface area contributed by atoms with Gasteiger partial charge in [0.25, 0.3) is 11.8 Å². The molecule has 0 aromatic heterocycles. The zero-order valence-electron chi connectivity index (χ0n) is 19.4. The van der Waals surface area contributed by atoms with E-state index in [0.717, 1.165) is 19.4 Å². The Kier molecular flexibility index (Phi) is 7.35. The fraction of sp³-hybridized carbons (Fsp3) is 0.737. The molecule has 0 spiro atoms. The first kappa shape index (κ1) is 18.5. The molecule has 0 aromatic rings. The molecule has 0 bridgehead atoms. The van der Waals surface area contributed by atoms with E-state index in [-0.39, 0.29) is 69.6 Å². The summed E-state index contributed by atoms with van der Waals surface area (Å²) in [5.74, 6) is -2.55. The minimum Gasteiger partial charge on any atom is -0.355 e. The predicted octanol–water partition coefficient (Wildman–Crippen LogP) is -0.129. The van der Waals surface area contributed by atoms with Gasteiger partial charge in [0, 0.05) is 42.5 Å². The van der Waals surface area contributed by atoms with E-state index in [4.69, 9.17) is 4.11 Å². The minimum atomic E-state index is -1.97. The number of hydrogen-bond acceptors (Lipinski definition) is 7. The van der Waals surface area contributed by atoms with E-state index in [0.29, 0.717) is 11.5 Å². The van der Waals surface area contributed by atoms with Crippen molar-refractivity contribution in [2.75, 3.05) is 26.2 Å². The maximum absolute atomic E-state index is 12.1. The number of hydroxylamine groups is 2. The summed E-state index contributed by atoms with van der Waals surface area (Å²) in [4.78, 5) is 65.0. The number of nitrogens with one attached hydrogen (secondary N) is 2. The molecule has 0 saturated carbocycles. The highest BCUT2D eigenvalue weighted by atomic mass is 16.8. The van der Waals surface area contributed by atoms with Gasteiger partial charge in [-0.05, 0) is 25.8 Å². The molecule has 0 aliphatic carbocycles. The number of nitrogens with zero attached hydrogens (tertiary/aromatic N) is 2. The maximum Gasteiger partial charge on any atom is 0.334 e. The summed E-state index contributed by atoms with van der Waals surface area (Å²) in [7, 11) is 0. The molecule has 2 fully saturated rings. The number of likely N-dealkylation sites (tertiary alicyclic amines) is 1. The number of rotatable bonds is 11. The fourth-order valence-electron chi connectivity index (χ4n) is 3.35. The Morgan fingerprint density at radius 1 is 1.10 bits per heavy atom. The third kappa shape index (κ3) is 7.45. The van der Waals surface area contributed by atoms with Gasteiger partial charge in [0.2, 0.25) is 11.8 Å². The van der Waals surface area contributed by atoms with Crippen molar-refractivity contribution in [3.63, 3.8) is 0 Å². The molecule has 1 atom stereocenters. The summed E-state index contributed by atoms with van der Waals surface area (Å²) in [6.07, 6.45) is 2.26.